The van der Waals surface area contributed by atoms with Crippen molar-refractivity contribution in [3.05, 3.63) is 59.7 Å². The van der Waals surface area contributed by atoms with Crippen LogP contribution < -0.4 is 32.3 Å². The van der Waals surface area contributed by atoms with Crippen molar-refractivity contribution in [2.75, 3.05) is 20.2 Å². The van der Waals surface area contributed by atoms with Gasteiger partial charge in [0.1, 0.15) is 24.2 Å². The normalized spacial score (nSPS) is 19.6. The minimum Gasteiger partial charge on any atom is -0.467 e. The van der Waals surface area contributed by atoms with Gasteiger partial charge in [0.05, 0.1) is 7.11 Å². The average Bonchev–Trinajstić information content (AvgIpc) is 3.14. The van der Waals surface area contributed by atoms with Gasteiger partial charge < -0.3 is 37.1 Å². The number of esters is 1. The van der Waals surface area contributed by atoms with Crippen LogP contribution in [0.5, 0.6) is 0 Å². The summed E-state index contributed by atoms with van der Waals surface area (Å²) in [5.74, 6) is -3.29. The van der Waals surface area contributed by atoms with Crippen molar-refractivity contribution in [2.24, 2.45) is 5.73 Å². The van der Waals surface area contributed by atoms with E-state index < -0.39 is 53.8 Å². The van der Waals surface area contributed by atoms with Gasteiger partial charge in [-0.15, -0.1) is 0 Å². The van der Waals surface area contributed by atoms with E-state index in [1.165, 1.54) is 19.6 Å². The largest absolute Gasteiger partial charge is 0.467 e. The molecule has 0 radical (unpaired) electrons. The highest BCUT2D eigenvalue weighted by Gasteiger charge is 2.30. The van der Waals surface area contributed by atoms with Gasteiger partial charge in [0.15, 0.2) is 0 Å². The van der Waals surface area contributed by atoms with Crippen LogP contribution in [0.25, 0.3) is 11.1 Å². The van der Waals surface area contributed by atoms with Crippen molar-refractivity contribution in [3.63, 3.8) is 0 Å². The Balaban J connectivity index is 1.74. The van der Waals surface area contributed by atoms with Crippen LogP contribution in [0.4, 0.5) is 0 Å². The van der Waals surface area contributed by atoms with Gasteiger partial charge in [-0.3, -0.25) is 24.0 Å². The van der Waals surface area contributed by atoms with Gasteiger partial charge in [-0.2, -0.15) is 0 Å². The molecule has 13 heteroatoms. The lowest BCUT2D eigenvalue weighted by Gasteiger charge is -2.25. The molecule has 0 aliphatic carbocycles. The summed E-state index contributed by atoms with van der Waals surface area (Å²) in [5, 5.41) is 13.5. The van der Waals surface area contributed by atoms with Crippen LogP contribution in [0.2, 0.25) is 0 Å². The molecule has 7 N–H and O–H groups in total. The molecule has 2 aromatic rings. The number of unbranched alkanes of at least 4 members (excludes halogenated alkanes) is 2. The summed E-state index contributed by atoms with van der Waals surface area (Å²) in [5.41, 5.74) is 9.32. The Morgan fingerprint density at radius 2 is 1.59 bits per heavy atom. The van der Waals surface area contributed by atoms with Crippen LogP contribution in [0.3, 0.4) is 0 Å². The van der Waals surface area contributed by atoms with Crippen LogP contribution >= 0.6 is 0 Å². The third-order valence-corrected chi connectivity index (χ3v) is 8.91. The van der Waals surface area contributed by atoms with E-state index in [9.17, 15) is 28.8 Å². The summed E-state index contributed by atoms with van der Waals surface area (Å²) in [7, 11) is 1.22. The molecule has 3 rings (SSSR count). The van der Waals surface area contributed by atoms with Crippen molar-refractivity contribution in [3.8, 4) is 11.1 Å². The highest BCUT2D eigenvalue weighted by Crippen LogP contribution is 2.21. The molecule has 4 atom stereocenters. The number of nitrogens with two attached hydrogens (primary N) is 1. The monoisotopic (exact) mass is 706 g/mol. The summed E-state index contributed by atoms with van der Waals surface area (Å²) in [6.45, 7) is 4.36. The number of hydrogen-bond donors (Lipinski definition) is 6. The highest BCUT2D eigenvalue weighted by molar-refractivity contribution is 5.99. The molecule has 0 aromatic heterocycles. The molecule has 51 heavy (non-hydrogen) atoms. The smallest absolute Gasteiger partial charge is 0.328 e. The zero-order chi connectivity index (χ0) is 37.2. The van der Waals surface area contributed by atoms with Crippen molar-refractivity contribution >= 4 is 35.5 Å². The van der Waals surface area contributed by atoms with Crippen LogP contribution in [-0.4, -0.2) is 79.9 Å². The molecule has 0 unspecified atom stereocenters. The third-order valence-electron chi connectivity index (χ3n) is 8.91. The number of carbonyl (C=O) groups is 6. The molecule has 0 spiro atoms. The Kier molecular flexibility index (Phi) is 17.1. The zero-order valence-electron chi connectivity index (χ0n) is 30.1. The van der Waals surface area contributed by atoms with Crippen LogP contribution in [0, 0.1) is 0 Å². The first kappa shape index (κ1) is 40.6. The predicted molar refractivity (Wildman–Crippen MR) is 194 cm³/mol. The number of rotatable bonds is 13. The first-order chi connectivity index (χ1) is 24.6. The maximum Gasteiger partial charge on any atom is 0.328 e. The molecule has 13 nitrogen and oxygen atoms in total. The molecule has 0 saturated carbocycles. The zero-order valence-corrected chi connectivity index (χ0v) is 30.1. The molecule has 278 valence electrons. The first-order valence-electron chi connectivity index (χ1n) is 18.0. The summed E-state index contributed by atoms with van der Waals surface area (Å²) in [4.78, 5) is 78.3. The topological polar surface area (TPSA) is 198 Å². The summed E-state index contributed by atoms with van der Waals surface area (Å²) in [6.07, 6.45) is 6.00. The number of amides is 5. The molecule has 1 aliphatic heterocycles. The van der Waals surface area contributed by atoms with Crippen molar-refractivity contribution in [1.82, 2.24) is 26.6 Å². The Labute approximate surface area is 300 Å². The lowest BCUT2D eigenvalue weighted by Crippen LogP contribution is -2.57. The minimum absolute atomic E-state index is 0.0486. The van der Waals surface area contributed by atoms with E-state index in [0.717, 1.165) is 30.4 Å². The quantitative estimate of drug-likeness (QED) is 0.135. The molecular formula is C38H54N6O7. The number of methoxy groups -OCH3 is 1. The average molecular weight is 707 g/mol. The fourth-order valence-electron chi connectivity index (χ4n) is 5.74. The minimum atomic E-state index is -1.19. The number of aryl methyl sites for hydroxylation is 1. The van der Waals surface area contributed by atoms with Gasteiger partial charge in [0, 0.05) is 18.5 Å². The Bertz CT molecular complexity index is 1460. The maximum absolute atomic E-state index is 13.7. The van der Waals surface area contributed by atoms with Crippen molar-refractivity contribution < 1.29 is 33.5 Å². The lowest BCUT2D eigenvalue weighted by molar-refractivity contribution is -0.145. The van der Waals surface area contributed by atoms with Crippen LogP contribution in [0.1, 0.15) is 94.0 Å². The van der Waals surface area contributed by atoms with Gasteiger partial charge in [-0.1, -0.05) is 49.7 Å². The highest BCUT2D eigenvalue weighted by atomic mass is 16.5. The van der Waals surface area contributed by atoms with E-state index in [1.54, 1.807) is 12.1 Å². The van der Waals surface area contributed by atoms with Crippen LogP contribution in [0.15, 0.2) is 48.5 Å². The van der Waals surface area contributed by atoms with Gasteiger partial charge in [0.25, 0.3) is 5.91 Å². The van der Waals surface area contributed by atoms with Crippen LogP contribution in [-0.2, 0) is 35.1 Å². The predicted octanol–water partition coefficient (Wildman–Crippen LogP) is 2.65. The molecule has 1 aliphatic rings. The second-order valence-corrected chi connectivity index (χ2v) is 12.9. The van der Waals surface area contributed by atoms with Gasteiger partial charge in [-0.05, 0) is 100 Å². The van der Waals surface area contributed by atoms with E-state index in [-0.39, 0.29) is 25.2 Å². The lowest BCUT2D eigenvalue weighted by atomic mass is 10.0. The molecule has 0 bridgehead atoms. The van der Waals surface area contributed by atoms with E-state index in [1.807, 2.05) is 12.1 Å². The van der Waals surface area contributed by atoms with Crippen molar-refractivity contribution in [1.29, 1.82) is 0 Å². The maximum atomic E-state index is 13.7. The molecule has 5 amide bonds. The SMILES string of the molecule is CCCCc1ccc(-c2ccc(C(=O)N[C@@H](CCCCN)C(=O)N[C@H]3CCC(=O)NCCCC[C@@H](C(=O)OC)NC(=O)[C@H](C)NC3=O)cc2)cc1. The van der Waals surface area contributed by atoms with Gasteiger partial charge in [-0.25, -0.2) is 4.79 Å². The van der Waals surface area contributed by atoms with Crippen molar-refractivity contribution in [2.45, 2.75) is 109 Å². The molecular weight excluding hydrogens is 652 g/mol. The molecule has 1 fully saturated rings. The van der Waals surface area contributed by atoms with E-state index >= 15 is 0 Å². The first-order valence-corrected chi connectivity index (χ1v) is 18.0. The number of hydrogen-bond acceptors (Lipinski definition) is 8. The van der Waals surface area contributed by atoms with E-state index in [4.69, 9.17) is 10.5 Å². The Morgan fingerprint density at radius 3 is 2.24 bits per heavy atom. The summed E-state index contributed by atoms with van der Waals surface area (Å²) < 4.78 is 4.82. The van der Waals surface area contributed by atoms with Gasteiger partial charge >= 0.3 is 5.97 Å². The Hall–Kier alpha value is -4.78. The fraction of sp³-hybridized carbons (Fsp3) is 0.526. The Morgan fingerprint density at radius 1 is 0.902 bits per heavy atom. The molecule has 1 heterocycles. The molecule has 2 aromatic carbocycles. The number of nitrogens with one attached hydrogen (secondary N) is 5. The summed E-state index contributed by atoms with van der Waals surface area (Å²) in [6, 6.07) is 11.3. The third kappa shape index (κ3) is 13.5. The number of carbonyl (C=O) groups excluding carboxylic acids is 6. The van der Waals surface area contributed by atoms with Gasteiger partial charge in [0.2, 0.25) is 23.6 Å². The number of benzene rings is 2. The standard InChI is InChI=1S/C38H54N6O7/c1-4-5-10-26-13-15-27(16-14-26)28-17-19-29(20-18-28)35(47)42-30(11-6-8-23-39)37(49)43-31-21-22-33(45)40-24-9-7-12-32(38(50)51-3)44-34(46)25(2)41-36(31)48/h13-20,25,30-32H,4-12,21-24,39H2,1-3H3,(H,40,45)(H,41,48)(H,42,47)(H,43,49)(H,44,46)/t25-,30-,31-,32-/m0/s1. The summed E-state index contributed by atoms with van der Waals surface area (Å²) >= 11 is 0. The second kappa shape index (κ2) is 21.4. The van der Waals surface area contributed by atoms with E-state index in [0.29, 0.717) is 50.8 Å². The number of ether oxygens (including phenoxy) is 1. The molecule has 1 saturated heterocycles. The van der Waals surface area contributed by atoms with E-state index in [2.05, 4.69) is 57.8 Å². The second-order valence-electron chi connectivity index (χ2n) is 12.9. The fourth-order valence-corrected chi connectivity index (χ4v) is 5.74.